The molecule has 0 unspecified atom stereocenters. The summed E-state index contributed by atoms with van der Waals surface area (Å²) in [6.07, 6.45) is 5.23. The van der Waals surface area contributed by atoms with Crippen molar-refractivity contribution in [3.63, 3.8) is 0 Å². The van der Waals surface area contributed by atoms with E-state index in [0.717, 1.165) is 23.5 Å². The molecule has 0 N–H and O–H groups in total. The van der Waals surface area contributed by atoms with E-state index in [0.29, 0.717) is 12.5 Å². The lowest BCUT2D eigenvalue weighted by molar-refractivity contribution is -0.137. The van der Waals surface area contributed by atoms with Gasteiger partial charge in [-0.25, -0.2) is 9.78 Å². The molecule has 26 heavy (non-hydrogen) atoms. The number of carbonyl (C=O) groups excluding carboxylic acids is 1. The number of fused-ring (bicyclic) bond motifs is 1. The number of hydrogen-bond acceptors (Lipinski definition) is 3. The molecule has 4 nitrogen and oxygen atoms in total. The summed E-state index contributed by atoms with van der Waals surface area (Å²) in [5, 5.41) is 1.21. The number of benzene rings is 1. The Morgan fingerprint density at radius 1 is 1.23 bits per heavy atom. The van der Waals surface area contributed by atoms with Crippen LogP contribution in [0.2, 0.25) is 0 Å². The van der Waals surface area contributed by atoms with E-state index in [1.54, 1.807) is 13.0 Å². The van der Waals surface area contributed by atoms with Crippen LogP contribution in [0, 0.1) is 5.92 Å². The van der Waals surface area contributed by atoms with Crippen LogP contribution in [0.15, 0.2) is 54.7 Å². The van der Waals surface area contributed by atoms with Gasteiger partial charge in [-0.05, 0) is 49.2 Å². The highest BCUT2D eigenvalue weighted by Gasteiger charge is 2.06. The normalized spacial score (nSPS) is 11.5. The molecule has 4 heteroatoms. The van der Waals surface area contributed by atoms with Crippen LogP contribution in [0.3, 0.4) is 0 Å². The summed E-state index contributed by atoms with van der Waals surface area (Å²) in [6.45, 7) is 7.61. The van der Waals surface area contributed by atoms with Gasteiger partial charge in [0.05, 0.1) is 18.0 Å². The van der Waals surface area contributed by atoms with Gasteiger partial charge in [0.15, 0.2) is 0 Å². The van der Waals surface area contributed by atoms with Crippen molar-refractivity contribution in [1.82, 2.24) is 9.55 Å². The fourth-order valence-corrected chi connectivity index (χ4v) is 2.96. The highest BCUT2D eigenvalue weighted by atomic mass is 16.5. The molecule has 0 aliphatic rings. The predicted molar refractivity (Wildman–Crippen MR) is 106 cm³/mol. The number of hydrogen-bond donors (Lipinski definition) is 0. The first kappa shape index (κ1) is 17.9. The maximum atomic E-state index is 11.5. The predicted octanol–water partition coefficient (Wildman–Crippen LogP) is 4.94. The SMILES string of the molecule is CCOC(=O)C=Cc1cccc(-c2ccc3c(ccn3CC(C)C)c2)n1. The Bertz CT molecular complexity index is 938. The summed E-state index contributed by atoms with van der Waals surface area (Å²) >= 11 is 0. The zero-order valence-corrected chi connectivity index (χ0v) is 15.5. The molecule has 0 saturated carbocycles. The third-order valence-electron chi connectivity index (χ3n) is 4.08. The molecule has 3 aromatic rings. The Kier molecular flexibility index (Phi) is 5.52. The summed E-state index contributed by atoms with van der Waals surface area (Å²) in [6, 6.07) is 14.3. The monoisotopic (exact) mass is 348 g/mol. The quantitative estimate of drug-likeness (QED) is 0.468. The summed E-state index contributed by atoms with van der Waals surface area (Å²) < 4.78 is 7.19. The van der Waals surface area contributed by atoms with E-state index < -0.39 is 0 Å². The molecule has 0 spiro atoms. The highest BCUT2D eigenvalue weighted by molar-refractivity contribution is 5.87. The van der Waals surface area contributed by atoms with Crippen molar-refractivity contribution in [2.45, 2.75) is 27.3 Å². The smallest absolute Gasteiger partial charge is 0.330 e. The molecule has 2 aromatic heterocycles. The summed E-state index contributed by atoms with van der Waals surface area (Å²) in [7, 11) is 0. The van der Waals surface area contributed by atoms with Gasteiger partial charge in [-0.1, -0.05) is 26.0 Å². The molecule has 3 rings (SSSR count). The second-order valence-corrected chi connectivity index (χ2v) is 6.67. The summed E-state index contributed by atoms with van der Waals surface area (Å²) in [5.41, 5.74) is 3.91. The molecule has 0 aliphatic heterocycles. The Hall–Kier alpha value is -2.88. The van der Waals surface area contributed by atoms with Gasteiger partial charge in [0, 0.05) is 35.3 Å². The molecule has 0 saturated heterocycles. The van der Waals surface area contributed by atoms with Gasteiger partial charge in [0.25, 0.3) is 0 Å². The molecule has 1 aromatic carbocycles. The van der Waals surface area contributed by atoms with Crippen LogP contribution in [0.25, 0.3) is 28.2 Å². The minimum Gasteiger partial charge on any atom is -0.463 e. The number of aromatic nitrogens is 2. The van der Waals surface area contributed by atoms with Gasteiger partial charge in [0.1, 0.15) is 0 Å². The lowest BCUT2D eigenvalue weighted by atomic mass is 10.1. The second-order valence-electron chi connectivity index (χ2n) is 6.67. The Morgan fingerprint density at radius 2 is 2.08 bits per heavy atom. The van der Waals surface area contributed by atoms with E-state index in [1.165, 1.54) is 17.0 Å². The molecular weight excluding hydrogens is 324 g/mol. The summed E-state index contributed by atoms with van der Waals surface area (Å²) in [4.78, 5) is 16.1. The van der Waals surface area contributed by atoms with Crippen LogP contribution >= 0.6 is 0 Å². The number of pyridine rings is 1. The van der Waals surface area contributed by atoms with Gasteiger partial charge in [0.2, 0.25) is 0 Å². The first-order valence-corrected chi connectivity index (χ1v) is 8.98. The molecule has 0 aliphatic carbocycles. The van der Waals surface area contributed by atoms with E-state index in [1.807, 2.05) is 18.2 Å². The maximum absolute atomic E-state index is 11.5. The van der Waals surface area contributed by atoms with Gasteiger partial charge in [-0.3, -0.25) is 0 Å². The summed E-state index contributed by atoms with van der Waals surface area (Å²) in [5.74, 6) is 0.252. The van der Waals surface area contributed by atoms with Crippen molar-refractivity contribution >= 4 is 22.9 Å². The van der Waals surface area contributed by atoms with Crippen molar-refractivity contribution in [3.8, 4) is 11.3 Å². The van der Waals surface area contributed by atoms with Gasteiger partial charge < -0.3 is 9.30 Å². The third kappa shape index (κ3) is 4.20. The molecular formula is C22H24N2O2. The maximum Gasteiger partial charge on any atom is 0.330 e. The number of ether oxygens (including phenoxy) is 1. The molecule has 0 amide bonds. The van der Waals surface area contributed by atoms with E-state index in [2.05, 4.69) is 53.9 Å². The van der Waals surface area contributed by atoms with Crippen LogP contribution in [-0.2, 0) is 16.1 Å². The van der Waals surface area contributed by atoms with Gasteiger partial charge >= 0.3 is 5.97 Å². The van der Waals surface area contributed by atoms with Crippen LogP contribution in [0.1, 0.15) is 26.5 Å². The van der Waals surface area contributed by atoms with E-state index >= 15 is 0 Å². The first-order chi connectivity index (χ1) is 12.6. The van der Waals surface area contributed by atoms with Crippen molar-refractivity contribution in [2.24, 2.45) is 5.92 Å². The number of carbonyl (C=O) groups is 1. The average molecular weight is 348 g/mol. The van der Waals surface area contributed by atoms with Crippen molar-refractivity contribution in [3.05, 3.63) is 60.4 Å². The Morgan fingerprint density at radius 3 is 2.85 bits per heavy atom. The fourth-order valence-electron chi connectivity index (χ4n) is 2.96. The van der Waals surface area contributed by atoms with Crippen LogP contribution < -0.4 is 0 Å². The second kappa shape index (κ2) is 8.00. The number of esters is 1. The number of rotatable bonds is 6. The zero-order chi connectivity index (χ0) is 18.5. The lowest BCUT2D eigenvalue weighted by Gasteiger charge is -2.09. The molecule has 2 heterocycles. The first-order valence-electron chi connectivity index (χ1n) is 8.98. The van der Waals surface area contributed by atoms with Crippen molar-refractivity contribution < 1.29 is 9.53 Å². The topological polar surface area (TPSA) is 44.1 Å². The standard InChI is InChI=1S/C22H24N2O2/c1-4-26-22(25)11-9-19-6-5-7-20(23-19)17-8-10-21-18(14-17)12-13-24(21)15-16(2)3/h5-14,16H,4,15H2,1-3H3. The van der Waals surface area contributed by atoms with Crippen molar-refractivity contribution in [1.29, 1.82) is 0 Å². The van der Waals surface area contributed by atoms with Crippen LogP contribution in [0.4, 0.5) is 0 Å². The number of nitrogens with zero attached hydrogens (tertiary/aromatic N) is 2. The Balaban J connectivity index is 1.87. The molecule has 0 fully saturated rings. The van der Waals surface area contributed by atoms with Crippen LogP contribution in [0.5, 0.6) is 0 Å². The third-order valence-corrected chi connectivity index (χ3v) is 4.08. The zero-order valence-electron chi connectivity index (χ0n) is 15.5. The van der Waals surface area contributed by atoms with Crippen molar-refractivity contribution in [2.75, 3.05) is 6.61 Å². The molecule has 0 bridgehead atoms. The minimum atomic E-state index is -0.354. The Labute approximate surface area is 154 Å². The largest absolute Gasteiger partial charge is 0.463 e. The molecule has 0 radical (unpaired) electrons. The molecule has 0 atom stereocenters. The molecule has 134 valence electrons. The minimum absolute atomic E-state index is 0.354. The van der Waals surface area contributed by atoms with Gasteiger partial charge in [-0.2, -0.15) is 0 Å². The van der Waals surface area contributed by atoms with E-state index in [9.17, 15) is 4.79 Å². The fraction of sp³-hybridized carbons (Fsp3) is 0.273. The average Bonchev–Trinajstić information content (AvgIpc) is 3.02. The van der Waals surface area contributed by atoms with E-state index in [4.69, 9.17) is 4.74 Å². The van der Waals surface area contributed by atoms with Crippen LogP contribution in [-0.4, -0.2) is 22.1 Å². The van der Waals surface area contributed by atoms with E-state index in [-0.39, 0.29) is 5.97 Å². The van der Waals surface area contributed by atoms with Gasteiger partial charge in [-0.15, -0.1) is 0 Å². The lowest BCUT2D eigenvalue weighted by Crippen LogP contribution is -2.02. The highest BCUT2D eigenvalue weighted by Crippen LogP contribution is 2.25.